The van der Waals surface area contributed by atoms with Gasteiger partial charge >= 0.3 is 0 Å². The van der Waals surface area contributed by atoms with Gasteiger partial charge in [0.05, 0.1) is 16.7 Å². The summed E-state index contributed by atoms with van der Waals surface area (Å²) in [5.74, 6) is 0. The first-order chi connectivity index (χ1) is 32.7. The number of fused-ring (bicyclic) bond motifs is 4. The second-order valence-electron chi connectivity index (χ2n) is 16.9. The van der Waals surface area contributed by atoms with E-state index in [0.717, 1.165) is 33.9 Å². The minimum absolute atomic E-state index is 1.07. The molecule has 0 fully saturated rings. The summed E-state index contributed by atoms with van der Waals surface area (Å²) in [6, 6.07) is 97.0. The maximum absolute atomic E-state index is 2.46. The number of rotatable bonds is 9. The molecule has 310 valence electrons. The number of hydrogen-bond donors (Lipinski definition) is 0. The molecule has 1 aromatic heterocycles. The zero-order valence-electron chi connectivity index (χ0n) is 36.3. The lowest BCUT2D eigenvalue weighted by Gasteiger charge is -2.28. The number of benzene rings is 11. The molecule has 0 aliphatic heterocycles. The van der Waals surface area contributed by atoms with E-state index in [9.17, 15) is 0 Å². The Morgan fingerprint density at radius 3 is 1.58 bits per heavy atom. The number of anilines is 3. The van der Waals surface area contributed by atoms with Crippen molar-refractivity contribution in [1.82, 2.24) is 4.57 Å². The fourth-order valence-electron chi connectivity index (χ4n) is 9.87. The molecule has 1 heterocycles. The maximum Gasteiger partial charge on any atom is 0.0553 e. The molecule has 0 unspecified atom stereocenters. The van der Waals surface area contributed by atoms with Gasteiger partial charge in [-0.05, 0) is 122 Å². The first-order valence-electron chi connectivity index (χ1n) is 22.7. The van der Waals surface area contributed by atoms with E-state index >= 15 is 0 Å². The van der Waals surface area contributed by atoms with Gasteiger partial charge in [-0.3, -0.25) is 0 Å². The summed E-state index contributed by atoms with van der Waals surface area (Å²) in [4.78, 5) is 2.43. The fraction of sp³-hybridized carbons (Fsp3) is 0. The van der Waals surface area contributed by atoms with Gasteiger partial charge in [-0.25, -0.2) is 0 Å². The van der Waals surface area contributed by atoms with Crippen molar-refractivity contribution in [3.05, 3.63) is 267 Å². The highest BCUT2D eigenvalue weighted by Gasteiger charge is 2.22. The van der Waals surface area contributed by atoms with Crippen molar-refractivity contribution in [2.75, 3.05) is 4.90 Å². The van der Waals surface area contributed by atoms with Gasteiger partial charge in [-0.15, -0.1) is 0 Å². The monoisotopic (exact) mass is 840 g/mol. The molecule has 0 N–H and O–H groups in total. The lowest BCUT2D eigenvalue weighted by atomic mass is 9.93. The van der Waals surface area contributed by atoms with Crippen LogP contribution in [0.2, 0.25) is 0 Å². The Morgan fingerprint density at radius 1 is 0.273 bits per heavy atom. The third-order valence-electron chi connectivity index (χ3n) is 13.0. The molecule has 0 bridgehead atoms. The molecule has 0 amide bonds. The molecule has 0 aliphatic rings. The Morgan fingerprint density at radius 2 is 0.818 bits per heavy atom. The third-order valence-corrected chi connectivity index (χ3v) is 13.0. The molecule has 0 saturated heterocycles. The average Bonchev–Trinajstić information content (AvgIpc) is 3.73. The molecule has 0 atom stereocenters. The minimum Gasteiger partial charge on any atom is -0.310 e. The summed E-state index contributed by atoms with van der Waals surface area (Å²) < 4.78 is 2.46. The molecule has 12 aromatic rings. The second-order valence-corrected chi connectivity index (χ2v) is 16.9. The molecule has 66 heavy (non-hydrogen) atoms. The van der Waals surface area contributed by atoms with Crippen LogP contribution in [0.15, 0.2) is 267 Å². The Kier molecular flexibility index (Phi) is 9.89. The molecule has 2 nitrogen and oxygen atoms in total. The van der Waals surface area contributed by atoms with E-state index in [1.54, 1.807) is 0 Å². The van der Waals surface area contributed by atoms with Crippen LogP contribution in [-0.2, 0) is 0 Å². The lowest BCUT2D eigenvalue weighted by Crippen LogP contribution is -2.11. The first kappa shape index (κ1) is 38.9. The Labute approximate surface area is 385 Å². The zero-order chi connectivity index (χ0) is 43.8. The molecular weight excluding hydrogens is 797 g/mol. The van der Waals surface area contributed by atoms with E-state index in [2.05, 4.69) is 276 Å². The summed E-state index contributed by atoms with van der Waals surface area (Å²) in [6.45, 7) is 0. The van der Waals surface area contributed by atoms with Crippen LogP contribution in [-0.4, -0.2) is 4.57 Å². The van der Waals surface area contributed by atoms with E-state index in [4.69, 9.17) is 0 Å². The van der Waals surface area contributed by atoms with Crippen LogP contribution >= 0.6 is 0 Å². The van der Waals surface area contributed by atoms with Crippen molar-refractivity contribution in [1.29, 1.82) is 0 Å². The van der Waals surface area contributed by atoms with Crippen molar-refractivity contribution in [2.45, 2.75) is 0 Å². The van der Waals surface area contributed by atoms with Crippen molar-refractivity contribution in [2.24, 2.45) is 0 Å². The molecule has 11 aromatic carbocycles. The quantitative estimate of drug-likeness (QED) is 0.141. The van der Waals surface area contributed by atoms with Crippen molar-refractivity contribution in [3.63, 3.8) is 0 Å². The van der Waals surface area contributed by atoms with E-state index in [0.29, 0.717) is 0 Å². The van der Waals surface area contributed by atoms with Crippen LogP contribution in [0.4, 0.5) is 17.1 Å². The van der Waals surface area contributed by atoms with Crippen LogP contribution in [0, 0.1) is 0 Å². The molecular formula is C64H44N2. The highest BCUT2D eigenvalue weighted by molar-refractivity contribution is 6.17. The largest absolute Gasteiger partial charge is 0.310 e. The smallest absolute Gasteiger partial charge is 0.0553 e. The molecule has 12 rings (SSSR count). The van der Waals surface area contributed by atoms with Crippen LogP contribution in [0.25, 0.3) is 93.9 Å². The Bertz CT molecular complexity index is 3660. The van der Waals surface area contributed by atoms with E-state index in [1.807, 2.05) is 0 Å². The van der Waals surface area contributed by atoms with Gasteiger partial charge in [0.1, 0.15) is 0 Å². The summed E-state index contributed by atoms with van der Waals surface area (Å²) in [5.41, 5.74) is 18.5. The van der Waals surface area contributed by atoms with Gasteiger partial charge in [0.2, 0.25) is 0 Å². The van der Waals surface area contributed by atoms with Gasteiger partial charge in [0.25, 0.3) is 0 Å². The van der Waals surface area contributed by atoms with E-state index in [-0.39, 0.29) is 0 Å². The van der Waals surface area contributed by atoms with Crippen LogP contribution < -0.4 is 4.90 Å². The Balaban J connectivity index is 1.09. The number of nitrogens with zero attached hydrogens (tertiary/aromatic N) is 2. The van der Waals surface area contributed by atoms with Crippen LogP contribution in [0.3, 0.4) is 0 Å². The number of aromatic nitrogens is 1. The van der Waals surface area contributed by atoms with Crippen molar-refractivity contribution < 1.29 is 0 Å². The predicted octanol–water partition coefficient (Wildman–Crippen LogP) is 17.7. The van der Waals surface area contributed by atoms with E-state index < -0.39 is 0 Å². The van der Waals surface area contributed by atoms with Crippen LogP contribution in [0.1, 0.15) is 0 Å². The van der Waals surface area contributed by atoms with Gasteiger partial charge in [0.15, 0.2) is 0 Å². The van der Waals surface area contributed by atoms with Gasteiger partial charge in [0, 0.05) is 33.4 Å². The molecule has 0 spiro atoms. The van der Waals surface area contributed by atoms with Gasteiger partial charge in [-0.1, -0.05) is 206 Å². The maximum atomic E-state index is 2.46. The molecule has 0 aliphatic carbocycles. The topological polar surface area (TPSA) is 8.17 Å². The van der Waals surface area contributed by atoms with Crippen LogP contribution in [0.5, 0.6) is 0 Å². The minimum atomic E-state index is 1.07. The fourth-order valence-corrected chi connectivity index (χ4v) is 9.87. The summed E-state index contributed by atoms with van der Waals surface area (Å²) >= 11 is 0. The molecule has 2 heteroatoms. The average molecular weight is 841 g/mol. The zero-order valence-corrected chi connectivity index (χ0v) is 36.3. The first-order valence-corrected chi connectivity index (χ1v) is 22.7. The Hall–Kier alpha value is -8.72. The predicted molar refractivity (Wildman–Crippen MR) is 280 cm³/mol. The standard InChI is InChI=1S/C64H44N2/c1-5-19-45(20-6-1)50-37-40-59-62(43-50)66(53-28-11-4-12-29-53)63-44-52(46-21-7-2-8-22-46)42-60(64(59)63)51-27-17-30-55(41-51)65(61-34-16-15-32-58(61)48-23-9-3-10-24-48)54-38-35-49(36-39-54)57-33-18-26-47-25-13-14-31-56(47)57/h1-44H. The second kappa shape index (κ2) is 16.8. The van der Waals surface area contributed by atoms with Gasteiger partial charge in [-0.2, -0.15) is 0 Å². The number of para-hydroxylation sites is 2. The molecule has 0 saturated carbocycles. The number of hydrogen-bond acceptors (Lipinski definition) is 1. The lowest BCUT2D eigenvalue weighted by molar-refractivity contribution is 1.18. The molecule has 0 radical (unpaired) electrons. The normalized spacial score (nSPS) is 11.3. The van der Waals surface area contributed by atoms with Gasteiger partial charge < -0.3 is 9.47 Å². The SMILES string of the molecule is c1ccc(-c2ccc3c4c(-c5cccc(N(c6ccc(-c7cccc8ccccc78)cc6)c6ccccc6-c6ccccc6)c5)cc(-c5ccccc5)cc4n(-c4ccccc4)c3c2)cc1. The van der Waals surface area contributed by atoms with E-state index in [1.165, 1.54) is 77.1 Å². The highest BCUT2D eigenvalue weighted by atomic mass is 15.1. The van der Waals surface area contributed by atoms with Crippen molar-refractivity contribution in [3.8, 4) is 61.3 Å². The van der Waals surface area contributed by atoms with Crippen molar-refractivity contribution >= 4 is 49.6 Å². The summed E-state index contributed by atoms with van der Waals surface area (Å²) in [6.07, 6.45) is 0. The highest BCUT2D eigenvalue weighted by Crippen LogP contribution is 2.46. The third kappa shape index (κ3) is 7.02. The summed E-state index contributed by atoms with van der Waals surface area (Å²) in [5, 5.41) is 4.92. The summed E-state index contributed by atoms with van der Waals surface area (Å²) in [7, 11) is 0.